The first-order valence-electron chi connectivity index (χ1n) is 8.20. The molecular formula is C17H22F2N2O3. The van der Waals surface area contributed by atoms with E-state index in [0.717, 1.165) is 0 Å². The second-order valence-corrected chi connectivity index (χ2v) is 6.46. The Kier molecular flexibility index (Phi) is 5.12. The second kappa shape index (κ2) is 7.13. The smallest absolute Gasteiger partial charge is 0.251 e. The number of hydrogen-bond acceptors (Lipinski definition) is 4. The summed E-state index contributed by atoms with van der Waals surface area (Å²) in [5.74, 6) is -2.85. The fraction of sp³-hybridized carbons (Fsp3) is 0.588. The molecule has 0 saturated carbocycles. The lowest BCUT2D eigenvalue weighted by atomic mass is 10.0. The van der Waals surface area contributed by atoms with Crippen molar-refractivity contribution in [1.29, 1.82) is 0 Å². The standard InChI is InChI=1S/C17H22F2N2O3/c18-17(19)6-8-21(9-7-17)10-14-15(22)13(11-24-14)20-16(23)12-4-2-1-3-5-12/h1-5,13-15,22H,6-11H2,(H,20,23). The quantitative estimate of drug-likeness (QED) is 0.867. The Morgan fingerprint density at radius 1 is 1.29 bits per heavy atom. The first-order chi connectivity index (χ1) is 11.4. The molecule has 0 aromatic heterocycles. The van der Waals surface area contributed by atoms with E-state index in [1.54, 1.807) is 24.3 Å². The number of nitrogens with zero attached hydrogens (tertiary/aromatic N) is 1. The van der Waals surface area contributed by atoms with Crippen LogP contribution in [0.4, 0.5) is 8.78 Å². The molecule has 1 aromatic rings. The van der Waals surface area contributed by atoms with E-state index in [4.69, 9.17) is 4.74 Å². The topological polar surface area (TPSA) is 61.8 Å². The molecule has 5 nitrogen and oxygen atoms in total. The highest BCUT2D eigenvalue weighted by atomic mass is 19.3. The van der Waals surface area contributed by atoms with Crippen LogP contribution >= 0.6 is 0 Å². The summed E-state index contributed by atoms with van der Waals surface area (Å²) in [6.07, 6.45) is -1.65. The zero-order valence-electron chi connectivity index (χ0n) is 13.3. The van der Waals surface area contributed by atoms with Gasteiger partial charge in [-0.05, 0) is 12.1 Å². The predicted molar refractivity (Wildman–Crippen MR) is 84.1 cm³/mol. The number of hydrogen-bond donors (Lipinski definition) is 2. The minimum Gasteiger partial charge on any atom is -0.388 e. The van der Waals surface area contributed by atoms with Gasteiger partial charge in [-0.15, -0.1) is 0 Å². The Hall–Kier alpha value is -1.57. The van der Waals surface area contributed by atoms with Crippen LogP contribution < -0.4 is 5.32 Å². The van der Waals surface area contributed by atoms with Crippen molar-refractivity contribution in [3.05, 3.63) is 35.9 Å². The summed E-state index contributed by atoms with van der Waals surface area (Å²) in [7, 11) is 0. The number of carbonyl (C=O) groups excluding carboxylic acids is 1. The van der Waals surface area contributed by atoms with Gasteiger partial charge in [0.05, 0.1) is 18.8 Å². The number of ether oxygens (including phenoxy) is 1. The molecule has 0 radical (unpaired) electrons. The van der Waals surface area contributed by atoms with Crippen molar-refractivity contribution in [1.82, 2.24) is 10.2 Å². The molecule has 0 aliphatic carbocycles. The minimum atomic E-state index is -2.59. The number of aliphatic hydroxyl groups is 1. The highest BCUT2D eigenvalue weighted by Crippen LogP contribution is 2.28. The van der Waals surface area contributed by atoms with Crippen LogP contribution in [0.15, 0.2) is 30.3 Å². The molecule has 7 heteroatoms. The highest BCUT2D eigenvalue weighted by molar-refractivity contribution is 5.94. The van der Waals surface area contributed by atoms with Gasteiger partial charge in [0.25, 0.3) is 11.8 Å². The van der Waals surface area contributed by atoms with Crippen LogP contribution in [0.5, 0.6) is 0 Å². The third kappa shape index (κ3) is 4.09. The fourth-order valence-electron chi connectivity index (χ4n) is 3.13. The fourth-order valence-corrected chi connectivity index (χ4v) is 3.13. The number of aliphatic hydroxyl groups excluding tert-OH is 1. The molecule has 2 fully saturated rings. The van der Waals surface area contributed by atoms with Crippen molar-refractivity contribution in [2.24, 2.45) is 0 Å². The lowest BCUT2D eigenvalue weighted by molar-refractivity contribution is -0.0674. The summed E-state index contributed by atoms with van der Waals surface area (Å²) in [6, 6.07) is 8.26. The molecule has 132 valence electrons. The Morgan fingerprint density at radius 2 is 1.96 bits per heavy atom. The number of likely N-dealkylation sites (tertiary alicyclic amines) is 1. The average molecular weight is 340 g/mol. The maximum absolute atomic E-state index is 13.2. The van der Waals surface area contributed by atoms with Crippen LogP contribution in [0.1, 0.15) is 23.2 Å². The number of carbonyl (C=O) groups is 1. The second-order valence-electron chi connectivity index (χ2n) is 6.46. The lowest BCUT2D eigenvalue weighted by Gasteiger charge is -2.33. The van der Waals surface area contributed by atoms with E-state index in [1.165, 1.54) is 0 Å². The normalized spacial score (nSPS) is 30.2. The first kappa shape index (κ1) is 17.3. The molecule has 1 amide bonds. The third-order valence-corrected chi connectivity index (χ3v) is 4.66. The van der Waals surface area contributed by atoms with E-state index in [9.17, 15) is 18.7 Å². The monoisotopic (exact) mass is 340 g/mol. The number of alkyl halides is 2. The van der Waals surface area contributed by atoms with Crippen molar-refractivity contribution >= 4 is 5.91 Å². The van der Waals surface area contributed by atoms with Crippen LogP contribution in [0.3, 0.4) is 0 Å². The molecule has 2 aliphatic rings. The molecule has 1 aromatic carbocycles. The van der Waals surface area contributed by atoms with Crippen molar-refractivity contribution in [3.8, 4) is 0 Å². The van der Waals surface area contributed by atoms with Crippen molar-refractivity contribution < 1.29 is 23.4 Å². The van der Waals surface area contributed by atoms with Gasteiger partial charge in [-0.2, -0.15) is 0 Å². The maximum atomic E-state index is 13.2. The van der Waals surface area contributed by atoms with Gasteiger partial charge >= 0.3 is 0 Å². The Bertz CT molecular complexity index is 560. The van der Waals surface area contributed by atoms with Crippen molar-refractivity contribution in [2.75, 3.05) is 26.2 Å². The van der Waals surface area contributed by atoms with Gasteiger partial charge in [0.2, 0.25) is 0 Å². The molecule has 24 heavy (non-hydrogen) atoms. The molecule has 3 atom stereocenters. The van der Waals surface area contributed by atoms with E-state index in [2.05, 4.69) is 5.32 Å². The summed E-state index contributed by atoms with van der Waals surface area (Å²) >= 11 is 0. The van der Waals surface area contributed by atoms with Gasteiger partial charge in [-0.1, -0.05) is 18.2 Å². The van der Waals surface area contributed by atoms with Gasteiger partial charge < -0.3 is 20.1 Å². The van der Waals surface area contributed by atoms with Crippen LogP contribution in [-0.4, -0.2) is 66.3 Å². The predicted octanol–water partition coefficient (Wildman–Crippen LogP) is 1.28. The number of amides is 1. The number of nitrogens with one attached hydrogen (secondary N) is 1. The van der Waals surface area contributed by atoms with E-state index in [-0.39, 0.29) is 25.4 Å². The van der Waals surface area contributed by atoms with Gasteiger partial charge in [0, 0.05) is 38.0 Å². The molecular weight excluding hydrogens is 318 g/mol. The van der Waals surface area contributed by atoms with E-state index in [0.29, 0.717) is 25.2 Å². The van der Waals surface area contributed by atoms with Crippen LogP contribution in [0, 0.1) is 0 Å². The lowest BCUT2D eigenvalue weighted by Crippen LogP contribution is -2.48. The Balaban J connectivity index is 1.50. The van der Waals surface area contributed by atoms with E-state index in [1.807, 2.05) is 11.0 Å². The summed E-state index contributed by atoms with van der Waals surface area (Å²) in [6.45, 7) is 1.20. The zero-order valence-corrected chi connectivity index (χ0v) is 13.3. The van der Waals surface area contributed by atoms with Crippen LogP contribution in [0.2, 0.25) is 0 Å². The number of benzene rings is 1. The minimum absolute atomic E-state index is 0.163. The zero-order chi connectivity index (χ0) is 17.2. The highest BCUT2D eigenvalue weighted by Gasteiger charge is 2.40. The maximum Gasteiger partial charge on any atom is 0.251 e. The van der Waals surface area contributed by atoms with E-state index < -0.39 is 24.2 Å². The van der Waals surface area contributed by atoms with Gasteiger partial charge in [-0.25, -0.2) is 8.78 Å². The molecule has 2 aliphatic heterocycles. The molecule has 2 saturated heterocycles. The van der Waals surface area contributed by atoms with Gasteiger partial charge in [0.1, 0.15) is 6.10 Å². The first-order valence-corrected chi connectivity index (χ1v) is 8.20. The summed E-state index contributed by atoms with van der Waals surface area (Å²) < 4.78 is 31.9. The molecule has 2 N–H and O–H groups in total. The number of halogens is 2. The van der Waals surface area contributed by atoms with Gasteiger partial charge in [0.15, 0.2) is 0 Å². The third-order valence-electron chi connectivity index (χ3n) is 4.66. The molecule has 0 bridgehead atoms. The summed E-state index contributed by atoms with van der Waals surface area (Å²) in [4.78, 5) is 14.0. The number of piperidine rings is 1. The molecule has 0 spiro atoms. The van der Waals surface area contributed by atoms with Crippen LogP contribution in [0.25, 0.3) is 0 Å². The van der Waals surface area contributed by atoms with Crippen molar-refractivity contribution in [2.45, 2.75) is 37.0 Å². The Labute approximate surface area is 139 Å². The average Bonchev–Trinajstić information content (AvgIpc) is 2.91. The van der Waals surface area contributed by atoms with Crippen molar-refractivity contribution in [3.63, 3.8) is 0 Å². The van der Waals surface area contributed by atoms with E-state index >= 15 is 0 Å². The summed E-state index contributed by atoms with van der Waals surface area (Å²) in [5, 5.41) is 13.1. The van der Waals surface area contributed by atoms with Gasteiger partial charge in [-0.3, -0.25) is 4.79 Å². The number of rotatable bonds is 4. The molecule has 3 rings (SSSR count). The SMILES string of the molecule is O=C(NC1COC(CN2CCC(F)(F)CC2)C1O)c1ccccc1. The largest absolute Gasteiger partial charge is 0.388 e. The molecule has 3 unspecified atom stereocenters. The van der Waals surface area contributed by atoms with Crippen LogP contribution in [-0.2, 0) is 4.74 Å². The Morgan fingerprint density at radius 3 is 2.62 bits per heavy atom. The summed E-state index contributed by atoms with van der Waals surface area (Å²) in [5.41, 5.74) is 0.520. The molecule has 2 heterocycles.